The molecule has 1 aliphatic carbocycles. The van der Waals surface area contributed by atoms with Crippen molar-refractivity contribution in [3.8, 4) is 46.0 Å². The lowest BCUT2D eigenvalue weighted by Gasteiger charge is -2.28. The van der Waals surface area contributed by atoms with Crippen molar-refractivity contribution in [2.45, 2.75) is 232 Å². The number of aliphatic hydroxyl groups excluding tert-OH is 1. The lowest BCUT2D eigenvalue weighted by atomic mass is 9.77. The Morgan fingerprint density at radius 1 is 0.457 bits per heavy atom. The molecule has 1 saturated carbocycles. The Bertz CT molecular complexity index is 4340. The van der Waals surface area contributed by atoms with Crippen LogP contribution in [0.15, 0.2) is 215 Å². The number of alkyl halides is 2. The second-order valence-corrected chi connectivity index (χ2v) is 30.3. The molecule has 127 heavy (non-hydrogen) atoms. The number of ether oxygens (including phenoxy) is 13. The van der Waals surface area contributed by atoms with Crippen LogP contribution in [0.3, 0.4) is 0 Å². The highest BCUT2D eigenvalue weighted by Crippen LogP contribution is 2.39. The lowest BCUT2D eigenvalue weighted by molar-refractivity contribution is -0.189. The van der Waals surface area contributed by atoms with E-state index in [9.17, 15) is 46.3 Å². The first kappa shape index (κ1) is 106. The fourth-order valence-corrected chi connectivity index (χ4v) is 13.3. The van der Waals surface area contributed by atoms with E-state index in [-0.39, 0.29) is 38.9 Å². The molecule has 1 aliphatic rings. The number of benzene rings is 7. The second-order valence-electron chi connectivity index (χ2n) is 30.3. The first-order valence-electron chi connectivity index (χ1n) is 44.3. The maximum atomic E-state index is 14.7. The normalized spacial score (nSPS) is 12.8. The van der Waals surface area contributed by atoms with Crippen LogP contribution in [0.5, 0.6) is 46.0 Å². The molecular formula is C103H132F4O20. The van der Waals surface area contributed by atoms with Gasteiger partial charge in [0.15, 0.2) is 0 Å². The van der Waals surface area contributed by atoms with Crippen molar-refractivity contribution in [2.24, 2.45) is 5.92 Å². The van der Waals surface area contributed by atoms with Gasteiger partial charge in [0.2, 0.25) is 13.1 Å². The molecule has 24 heteroatoms. The van der Waals surface area contributed by atoms with Crippen LogP contribution in [-0.4, -0.2) is 100 Å². The van der Waals surface area contributed by atoms with Gasteiger partial charge >= 0.3 is 41.9 Å². The summed E-state index contributed by atoms with van der Waals surface area (Å²) in [6, 6.07) is 41.8. The molecule has 20 nitrogen and oxygen atoms in total. The van der Waals surface area contributed by atoms with Crippen LogP contribution < -0.4 is 37.9 Å². The molecule has 0 aliphatic heterocycles. The van der Waals surface area contributed by atoms with Gasteiger partial charge in [-0.25, -0.2) is 37.5 Å². The van der Waals surface area contributed by atoms with Gasteiger partial charge in [0.1, 0.15) is 70.0 Å². The molecule has 1 unspecified atom stereocenters. The smallest absolute Gasteiger partial charge is 0.432 e. The van der Waals surface area contributed by atoms with Gasteiger partial charge in [-0.2, -0.15) is 8.78 Å². The summed E-state index contributed by atoms with van der Waals surface area (Å²) < 4.78 is 128. The van der Waals surface area contributed by atoms with Gasteiger partial charge in [-0.15, -0.1) is 6.58 Å². The van der Waals surface area contributed by atoms with E-state index in [1.165, 1.54) is 56.2 Å². The Morgan fingerprint density at radius 2 is 0.890 bits per heavy atom. The summed E-state index contributed by atoms with van der Waals surface area (Å²) in [6.45, 7) is 27.7. The first-order valence-corrected chi connectivity index (χ1v) is 44.3. The van der Waals surface area contributed by atoms with E-state index in [0.717, 1.165) is 181 Å². The number of hydrogen-bond acceptors (Lipinski definition) is 20. The van der Waals surface area contributed by atoms with Crippen molar-refractivity contribution in [1.29, 1.82) is 0 Å². The Labute approximate surface area is 749 Å². The van der Waals surface area contributed by atoms with E-state index < -0.39 is 59.4 Å². The highest BCUT2D eigenvalue weighted by atomic mass is 19.3. The molecule has 0 radical (unpaired) electrons. The molecule has 0 heterocycles. The summed E-state index contributed by atoms with van der Waals surface area (Å²) in [5.74, 6) is -0.0458. The Balaban J connectivity index is 0.000000398. The number of aliphatic hydroxyl groups is 1. The van der Waals surface area contributed by atoms with Crippen molar-refractivity contribution in [2.75, 3.05) is 53.2 Å². The largest absolute Gasteiger partial charge is 0.494 e. The summed E-state index contributed by atoms with van der Waals surface area (Å²) in [6.07, 6.45) is 28.6. The number of unbranched alkanes of at least 4 members (excludes halogenated alkanes) is 14. The number of halogens is 4. The molecule has 0 saturated heterocycles. The maximum Gasteiger partial charge on any atom is 0.432 e. The topological polar surface area (TPSA) is 243 Å². The Morgan fingerprint density at radius 3 is 1.36 bits per heavy atom. The van der Waals surface area contributed by atoms with Gasteiger partial charge in [0, 0.05) is 38.8 Å². The van der Waals surface area contributed by atoms with Crippen LogP contribution in [0.2, 0.25) is 0 Å². The summed E-state index contributed by atoms with van der Waals surface area (Å²) in [5, 5.41) is 8.56. The Kier molecular flexibility index (Phi) is 53.0. The van der Waals surface area contributed by atoms with Gasteiger partial charge in [-0.1, -0.05) is 135 Å². The fourth-order valence-electron chi connectivity index (χ4n) is 13.3. The van der Waals surface area contributed by atoms with Crippen LogP contribution in [0.25, 0.3) is 0 Å². The van der Waals surface area contributed by atoms with Gasteiger partial charge in [-0.05, 0) is 290 Å². The number of allylic oxidation sites excluding steroid dienone is 1. The first-order chi connectivity index (χ1) is 61.6. The fraction of sp³-hybridized carbons (Fsp3) is 0.437. The van der Waals surface area contributed by atoms with E-state index in [4.69, 9.17) is 66.7 Å². The minimum absolute atomic E-state index is 0. The SMILES string of the molecule is C=CC(=O)OCCCCCCOc1ccc(C(=O)Oc2ccc(OCOc3ccc(OC(CCCCC)OC(=O)C=C)cc3)c(C)c2)cc1.C=CC(=O)OCCCCCCc1ccc(OC(F)(F)c2c(F)cc(CCCCCCOC(=O)C=C)cc2F)cc1.C=CCC.CCCC1CCC(c2ccc(OC(=O)c3ccc(OCCCCCCOCO)cc3)cc2)CC1.[HH]. The molecule has 692 valence electrons. The van der Waals surface area contributed by atoms with Crippen LogP contribution in [0, 0.1) is 24.5 Å². The number of carbonyl (C=O) groups is 6. The molecule has 0 spiro atoms. The van der Waals surface area contributed by atoms with E-state index in [1.54, 1.807) is 91.0 Å². The summed E-state index contributed by atoms with van der Waals surface area (Å²) in [5.41, 5.74) is 2.78. The van der Waals surface area contributed by atoms with Crippen molar-refractivity contribution < 1.29 is 114 Å². The number of aryl methyl sites for hydroxylation is 3. The zero-order chi connectivity index (χ0) is 92.1. The molecule has 7 aromatic rings. The molecule has 0 aromatic heterocycles. The third-order valence-corrected chi connectivity index (χ3v) is 20.3. The third-order valence-electron chi connectivity index (χ3n) is 20.3. The number of esters is 6. The Hall–Kier alpha value is -11.5. The predicted octanol–water partition coefficient (Wildman–Crippen LogP) is 24.8. The number of rotatable bonds is 57. The monoisotopic (exact) mass is 1760 g/mol. The highest BCUT2D eigenvalue weighted by molar-refractivity contribution is 5.92. The highest BCUT2D eigenvalue weighted by Gasteiger charge is 2.41. The molecular weight excluding hydrogens is 1630 g/mol. The average molecular weight is 1770 g/mol. The van der Waals surface area contributed by atoms with E-state index >= 15 is 0 Å². The molecule has 1 N–H and O–H groups in total. The lowest BCUT2D eigenvalue weighted by Crippen LogP contribution is -2.25. The average Bonchev–Trinajstić information content (AvgIpc) is 0.787. The minimum Gasteiger partial charge on any atom is -0.494 e. The van der Waals surface area contributed by atoms with E-state index in [0.29, 0.717) is 110 Å². The van der Waals surface area contributed by atoms with Crippen LogP contribution in [0.4, 0.5) is 17.6 Å². The minimum atomic E-state index is -4.20. The van der Waals surface area contributed by atoms with Crippen molar-refractivity contribution in [1.82, 2.24) is 0 Å². The third kappa shape index (κ3) is 44.5. The van der Waals surface area contributed by atoms with Crippen LogP contribution >= 0.6 is 0 Å². The van der Waals surface area contributed by atoms with Crippen LogP contribution in [-0.2, 0) is 61.8 Å². The van der Waals surface area contributed by atoms with E-state index in [2.05, 4.69) is 65.8 Å². The second kappa shape index (κ2) is 63.4. The van der Waals surface area contributed by atoms with Crippen molar-refractivity contribution in [3.05, 3.63) is 266 Å². The molecule has 8 rings (SSSR count). The van der Waals surface area contributed by atoms with Gasteiger partial charge in [-0.3, -0.25) is 0 Å². The molecule has 7 aromatic carbocycles. The van der Waals surface area contributed by atoms with Gasteiger partial charge in [0.25, 0.3) is 0 Å². The molecule has 0 bridgehead atoms. The summed E-state index contributed by atoms with van der Waals surface area (Å²) in [4.78, 5) is 69.9. The summed E-state index contributed by atoms with van der Waals surface area (Å²) >= 11 is 0. The predicted molar refractivity (Wildman–Crippen MR) is 486 cm³/mol. The van der Waals surface area contributed by atoms with Crippen molar-refractivity contribution >= 4 is 35.8 Å². The zero-order valence-corrected chi connectivity index (χ0v) is 74.5. The number of hydrogen-bond donors (Lipinski definition) is 1. The van der Waals surface area contributed by atoms with Gasteiger partial charge in [0.05, 0.1) is 44.2 Å². The zero-order valence-electron chi connectivity index (χ0n) is 74.5. The molecule has 1 fully saturated rings. The maximum absolute atomic E-state index is 14.7. The van der Waals surface area contributed by atoms with Crippen molar-refractivity contribution in [3.63, 3.8) is 0 Å². The molecule has 1 atom stereocenters. The van der Waals surface area contributed by atoms with Crippen LogP contribution in [0.1, 0.15) is 250 Å². The standard InChI is InChI=1S/C39H46O10.C31H36F4O5.C29H40O5.C4H8.H2/c1-5-8-11-14-38(49-37(41)7-3)47-33-21-19-32(20-22-33)45-28-46-35-24-23-34(27-29(35)4)48-39(42)30-15-17-31(18-16-30)43-25-12-9-10-13-26-44-36(40)6-2;1-3-28(36)38-19-11-7-5-9-13-23-15-17-25(18-16-23)40-31(34,35)30-26(32)21-24(22-27(30)33)14-10-6-8-12-20-39-29(37)4-2;1-2-7-23-8-10-24(11-9-23)25-12-18-28(19-13-25)34-29(31)26-14-16-27(17-15-26)33-21-6-4-3-5-20-32-22-30;1-3-4-2;/h6-7,15-24,27,38H,2-3,5,8-14,25-26,28H2,1,4H3;3-4,15-18,21-22H,1-2,5-14,19-20H2;12-19,23-24,30H,2-11,20-22H2,1H3;3H,1,4H2,2H3;1H. The van der Waals surface area contributed by atoms with Gasteiger partial charge < -0.3 is 66.7 Å². The number of carbonyl (C=O) groups excluding carboxylic acids is 6. The quantitative estimate of drug-likeness (QED) is 0.00544. The summed E-state index contributed by atoms with van der Waals surface area (Å²) in [7, 11) is 0. The van der Waals surface area contributed by atoms with E-state index in [1.807, 2.05) is 37.3 Å². The molecule has 0 amide bonds.